The maximum absolute atomic E-state index is 14.7. The molecule has 74 heavy (non-hydrogen) atoms. The molecule has 11 rings (SSSR count). The number of nitrogens with zero attached hydrogens (tertiary/aromatic N) is 2. The number of aliphatic hydroxyl groups is 1. The standard InChI is InChI=1S/C34H54N2O5.C27H44N2O3.CH4/c1-19(2)29(40)35-26-13-14-33-17-34(33)25(12-11-24(33)30(26,7)18-41-23(6)38)31(8)15-20(3)28(21(4)36(10)22(5)37)32(31,9)16-27(34)39;1-16(29(5)6)22-17(30)11-24(3)19-8-7-18-23(2)14-32-15-28-20(23)9-10-26(18)13-27(19,26)21(31)12-25(22,24)4;/h19-21,24-26,28H,11-18H2,1-10H3,(H,35,40);16-20,22,28,30H,7-15H2,1-6H3;1H4/t20-,21?,24?,25?,26+,28-,30+,31+,32-,33?,34+;16?,17-,18?,19?,20+,22+,23+,24+,25-,26?,27+;/m11./s1. The number of esters is 1. The summed E-state index contributed by atoms with van der Waals surface area (Å²) < 4.78 is 11.7. The second-order valence-electron chi connectivity index (χ2n) is 29.8. The van der Waals surface area contributed by atoms with Crippen LogP contribution in [-0.2, 0) is 33.4 Å². The van der Waals surface area contributed by atoms with E-state index >= 15 is 0 Å². The fourth-order valence-electron chi connectivity index (χ4n) is 23.2. The van der Waals surface area contributed by atoms with Crippen LogP contribution in [0.4, 0.5) is 0 Å². The molecule has 8 unspecified atom stereocenters. The number of aliphatic hydroxyl groups excluding tert-OH is 1. The van der Waals surface area contributed by atoms with E-state index in [-0.39, 0.29) is 128 Å². The van der Waals surface area contributed by atoms with Crippen molar-refractivity contribution in [1.82, 2.24) is 20.4 Å². The molecule has 2 amide bonds. The Morgan fingerprint density at radius 3 is 1.82 bits per heavy atom. The highest BCUT2D eigenvalue weighted by molar-refractivity contribution is 5.93. The summed E-state index contributed by atoms with van der Waals surface area (Å²) in [5, 5.41) is 18.4. The van der Waals surface area contributed by atoms with Gasteiger partial charge in [0.05, 0.1) is 26.0 Å². The molecule has 1 saturated heterocycles. The molecule has 0 aromatic carbocycles. The third-order valence-corrected chi connectivity index (χ3v) is 27.0. The molecule has 11 fully saturated rings. The fraction of sp³-hybridized carbons (Fsp3) is 0.919. The summed E-state index contributed by atoms with van der Waals surface area (Å²) in [5.74, 6) is 3.06. The third-order valence-electron chi connectivity index (χ3n) is 27.0. The number of nitrogens with one attached hydrogen (secondary N) is 2. The quantitative estimate of drug-likeness (QED) is 0.200. The maximum atomic E-state index is 14.7. The molecule has 0 aromatic heterocycles. The van der Waals surface area contributed by atoms with Gasteiger partial charge in [-0.3, -0.25) is 29.3 Å². The predicted molar refractivity (Wildman–Crippen MR) is 288 cm³/mol. The number of fused-ring (bicyclic) bond motifs is 6. The van der Waals surface area contributed by atoms with E-state index in [1.165, 1.54) is 26.2 Å². The number of ether oxygens (including phenoxy) is 2. The Bertz CT molecular complexity index is 2310. The number of hydrogen-bond acceptors (Lipinski definition) is 10. The van der Waals surface area contributed by atoms with Crippen LogP contribution in [0.3, 0.4) is 0 Å². The van der Waals surface area contributed by atoms with Gasteiger partial charge in [-0.25, -0.2) is 0 Å². The molecule has 11 aliphatic rings. The predicted octanol–water partition coefficient (Wildman–Crippen LogP) is 9.49. The molecule has 12 heteroatoms. The van der Waals surface area contributed by atoms with Crippen molar-refractivity contribution in [2.24, 2.45) is 101 Å². The number of amides is 2. The highest BCUT2D eigenvalue weighted by Gasteiger charge is 2.88. The molecule has 0 aromatic rings. The first-order valence-electron chi connectivity index (χ1n) is 29.3. The van der Waals surface area contributed by atoms with Gasteiger partial charge in [0.25, 0.3) is 0 Å². The normalized spacial score (nSPS) is 51.7. The first kappa shape index (κ1) is 56.3. The average molecular weight is 1030 g/mol. The van der Waals surface area contributed by atoms with Gasteiger partial charge in [0.1, 0.15) is 11.6 Å². The van der Waals surface area contributed by atoms with Crippen LogP contribution in [0, 0.1) is 101 Å². The van der Waals surface area contributed by atoms with Gasteiger partial charge >= 0.3 is 5.97 Å². The van der Waals surface area contributed by atoms with Gasteiger partial charge in [-0.2, -0.15) is 0 Å². The van der Waals surface area contributed by atoms with Crippen molar-refractivity contribution in [3.8, 4) is 0 Å². The second kappa shape index (κ2) is 17.8. The lowest BCUT2D eigenvalue weighted by atomic mass is 9.41. The van der Waals surface area contributed by atoms with Crippen LogP contribution >= 0.6 is 0 Å². The molecule has 4 spiro atoms. The Morgan fingerprint density at radius 1 is 0.743 bits per heavy atom. The summed E-state index contributed by atoms with van der Waals surface area (Å²) in [7, 11) is 6.14. The third kappa shape index (κ3) is 6.91. The minimum Gasteiger partial charge on any atom is -0.465 e. The van der Waals surface area contributed by atoms with Crippen LogP contribution in [0.5, 0.6) is 0 Å². The van der Waals surface area contributed by atoms with E-state index in [4.69, 9.17) is 9.47 Å². The molecular weight excluding hydrogens is 929 g/mol. The Labute approximate surface area is 446 Å². The van der Waals surface area contributed by atoms with E-state index in [2.05, 4.69) is 91.9 Å². The topological polar surface area (TPSA) is 155 Å². The van der Waals surface area contributed by atoms with Crippen molar-refractivity contribution in [2.45, 2.75) is 218 Å². The average Bonchev–Trinajstić information content (AvgIpc) is 4.16. The van der Waals surface area contributed by atoms with E-state index < -0.39 is 5.41 Å². The lowest BCUT2D eigenvalue weighted by Gasteiger charge is -2.63. The monoisotopic (exact) mass is 1030 g/mol. The molecule has 418 valence electrons. The van der Waals surface area contributed by atoms with Crippen molar-refractivity contribution in [3.63, 3.8) is 0 Å². The van der Waals surface area contributed by atoms with Crippen LogP contribution in [0.2, 0.25) is 0 Å². The van der Waals surface area contributed by atoms with Gasteiger partial charge < -0.3 is 29.7 Å². The van der Waals surface area contributed by atoms with Crippen LogP contribution in [0.15, 0.2) is 0 Å². The highest BCUT2D eigenvalue weighted by atomic mass is 16.5. The van der Waals surface area contributed by atoms with Crippen LogP contribution in [-0.4, -0.2) is 116 Å². The van der Waals surface area contributed by atoms with Crippen LogP contribution in [0.1, 0.15) is 187 Å². The Hall–Kier alpha value is -2.41. The Morgan fingerprint density at radius 2 is 1.27 bits per heavy atom. The smallest absolute Gasteiger partial charge is 0.302 e. The fourth-order valence-corrected chi connectivity index (χ4v) is 23.2. The van der Waals surface area contributed by atoms with Crippen molar-refractivity contribution >= 4 is 29.4 Å². The van der Waals surface area contributed by atoms with Gasteiger partial charge in [0, 0.05) is 91.4 Å². The van der Waals surface area contributed by atoms with E-state index in [0.717, 1.165) is 64.4 Å². The van der Waals surface area contributed by atoms with Crippen molar-refractivity contribution in [2.75, 3.05) is 41.1 Å². The van der Waals surface area contributed by atoms with Crippen molar-refractivity contribution in [1.29, 1.82) is 0 Å². The van der Waals surface area contributed by atoms with Crippen LogP contribution in [0.25, 0.3) is 0 Å². The largest absolute Gasteiger partial charge is 0.465 e. The maximum Gasteiger partial charge on any atom is 0.302 e. The number of ketones is 2. The van der Waals surface area contributed by atoms with Gasteiger partial charge in [-0.1, -0.05) is 69.7 Å². The van der Waals surface area contributed by atoms with Gasteiger partial charge in [-0.05, 0) is 173 Å². The second-order valence-corrected chi connectivity index (χ2v) is 29.8. The number of carbonyl (C=O) groups is 5. The Kier molecular flexibility index (Phi) is 13.5. The molecular formula is C62H102N4O8. The van der Waals surface area contributed by atoms with Gasteiger partial charge in [-0.15, -0.1) is 0 Å². The van der Waals surface area contributed by atoms with Crippen molar-refractivity contribution < 1.29 is 38.6 Å². The molecule has 10 saturated carbocycles. The van der Waals surface area contributed by atoms with Crippen LogP contribution < -0.4 is 10.6 Å². The minimum atomic E-state index is -0.422. The van der Waals surface area contributed by atoms with Crippen molar-refractivity contribution in [3.05, 3.63) is 0 Å². The van der Waals surface area contributed by atoms with E-state index in [0.29, 0.717) is 60.9 Å². The molecule has 0 radical (unpaired) electrons. The molecule has 10 aliphatic carbocycles. The summed E-state index contributed by atoms with van der Waals surface area (Å²) in [4.78, 5) is 70.4. The highest BCUT2D eigenvalue weighted by Crippen LogP contribution is 2.90. The Balaban J connectivity index is 0.000000184. The summed E-state index contributed by atoms with van der Waals surface area (Å²) in [6.07, 6.45) is 13.3. The zero-order chi connectivity index (χ0) is 53.4. The van der Waals surface area contributed by atoms with Gasteiger partial charge in [0.15, 0.2) is 0 Å². The minimum absolute atomic E-state index is 0. The van der Waals surface area contributed by atoms with Gasteiger partial charge in [0.2, 0.25) is 11.8 Å². The van der Waals surface area contributed by atoms with E-state index in [1.807, 2.05) is 25.8 Å². The number of hydrogen-bond donors (Lipinski definition) is 3. The van der Waals surface area contributed by atoms with E-state index in [1.54, 1.807) is 6.92 Å². The summed E-state index contributed by atoms with van der Waals surface area (Å²) in [5.41, 5.74) is -0.887. The molecule has 22 atom stereocenters. The number of Topliss-reactive ketones (excluding diaryl/α,β-unsaturated/α-hetero) is 2. The zero-order valence-corrected chi connectivity index (χ0v) is 48.2. The van der Waals surface area contributed by atoms with E-state index in [9.17, 15) is 29.1 Å². The molecule has 12 nitrogen and oxygen atoms in total. The SMILES string of the molecule is C.CC(=O)OC[C@@]1(C)C2CCC3[C@]4(C)C[C@@H](C)[C@H](C(C)N(C)C(C)=O)[C@@]4(C)CC(=O)[C@]34CC24CC[C@@H]1NC(=O)C(C)C.CC([C@H]1[C@H](O)C[C@@]2(C)C3CCC4C5(CC[C@@H]6NCOC[C@@]46C)C[C@@]35C(=O)C[C@]12C)N(C)C. The molecule has 3 N–H and O–H groups in total. The summed E-state index contributed by atoms with van der Waals surface area (Å²) in [6.45, 7) is 29.8. The first-order valence-corrected chi connectivity index (χ1v) is 29.3. The number of carbonyl (C=O) groups excluding carboxylic acids is 5. The first-order chi connectivity index (χ1) is 33.9. The number of rotatable bonds is 8. The summed E-state index contributed by atoms with van der Waals surface area (Å²) in [6, 6.07) is 0.787. The zero-order valence-electron chi connectivity index (χ0n) is 48.2. The summed E-state index contributed by atoms with van der Waals surface area (Å²) >= 11 is 0. The molecule has 1 aliphatic heterocycles. The molecule has 0 bridgehead atoms. The molecule has 1 heterocycles. The lowest BCUT2D eigenvalue weighted by Crippen LogP contribution is -2.65. The lowest BCUT2D eigenvalue weighted by molar-refractivity contribution is -0.181.